The van der Waals surface area contributed by atoms with Gasteiger partial charge in [0, 0.05) is 24.0 Å². The Labute approximate surface area is 136 Å². The first kappa shape index (κ1) is 15.7. The Morgan fingerprint density at radius 1 is 1.50 bits per heavy atom. The van der Waals surface area contributed by atoms with Crippen molar-refractivity contribution >= 4 is 11.6 Å². The van der Waals surface area contributed by atoms with Crippen LogP contribution in [-0.4, -0.2) is 32.8 Å². The highest BCUT2D eigenvalue weighted by molar-refractivity contribution is 5.72. The van der Waals surface area contributed by atoms with Crippen molar-refractivity contribution in [2.24, 2.45) is 0 Å². The van der Waals surface area contributed by atoms with Crippen LogP contribution in [0.5, 0.6) is 5.75 Å². The number of rotatable bonds is 4. The summed E-state index contributed by atoms with van der Waals surface area (Å²) in [6, 6.07) is 2.89. The number of esters is 1. The SMILES string of the molecule is COC(=O)C[C@H](c1oc(C)cc(=O)c1O)c1cnn2cccnc12. The Morgan fingerprint density at radius 2 is 2.29 bits per heavy atom. The molecule has 0 unspecified atom stereocenters. The number of hydrogen-bond acceptors (Lipinski definition) is 7. The maximum atomic E-state index is 11.9. The Balaban J connectivity index is 2.21. The predicted octanol–water partition coefficient (Wildman–Crippen LogP) is 1.39. The Hall–Kier alpha value is -3.16. The molecule has 1 atom stereocenters. The van der Waals surface area contributed by atoms with Gasteiger partial charge in [0.2, 0.25) is 11.2 Å². The molecular weight excluding hydrogens is 314 g/mol. The maximum absolute atomic E-state index is 11.9. The maximum Gasteiger partial charge on any atom is 0.306 e. The summed E-state index contributed by atoms with van der Waals surface area (Å²) in [7, 11) is 1.26. The van der Waals surface area contributed by atoms with E-state index in [-0.39, 0.29) is 12.2 Å². The van der Waals surface area contributed by atoms with Gasteiger partial charge in [-0.3, -0.25) is 9.59 Å². The van der Waals surface area contributed by atoms with E-state index in [9.17, 15) is 14.7 Å². The highest BCUT2D eigenvalue weighted by Gasteiger charge is 2.29. The Kier molecular flexibility index (Phi) is 4.03. The fraction of sp³-hybridized carbons (Fsp3) is 0.250. The molecule has 0 saturated carbocycles. The van der Waals surface area contributed by atoms with Crippen molar-refractivity contribution in [3.8, 4) is 5.75 Å². The van der Waals surface area contributed by atoms with Crippen LogP contribution in [0.4, 0.5) is 0 Å². The number of aromatic nitrogens is 3. The van der Waals surface area contributed by atoms with E-state index in [0.717, 1.165) is 0 Å². The zero-order valence-electron chi connectivity index (χ0n) is 13.1. The highest BCUT2D eigenvalue weighted by atomic mass is 16.5. The van der Waals surface area contributed by atoms with E-state index < -0.39 is 23.1 Å². The van der Waals surface area contributed by atoms with Gasteiger partial charge < -0.3 is 14.3 Å². The topological polar surface area (TPSA) is 107 Å². The fourth-order valence-corrected chi connectivity index (χ4v) is 2.55. The van der Waals surface area contributed by atoms with Crippen LogP contribution in [0.15, 0.2) is 39.9 Å². The van der Waals surface area contributed by atoms with Gasteiger partial charge in [-0.1, -0.05) is 0 Å². The molecule has 0 saturated heterocycles. The molecular formula is C16H15N3O5. The smallest absolute Gasteiger partial charge is 0.306 e. The molecule has 3 rings (SSSR count). The number of carbonyl (C=O) groups excluding carboxylic acids is 1. The third kappa shape index (κ3) is 2.73. The molecule has 24 heavy (non-hydrogen) atoms. The lowest BCUT2D eigenvalue weighted by atomic mass is 9.94. The highest BCUT2D eigenvalue weighted by Crippen LogP contribution is 2.34. The molecule has 1 N–H and O–H groups in total. The summed E-state index contributed by atoms with van der Waals surface area (Å²) in [5.74, 6) is -1.49. The number of ether oxygens (including phenoxy) is 1. The summed E-state index contributed by atoms with van der Waals surface area (Å²) in [6.07, 6.45) is 4.68. The summed E-state index contributed by atoms with van der Waals surface area (Å²) in [5.41, 5.74) is 0.466. The molecule has 0 fully saturated rings. The van der Waals surface area contributed by atoms with Crippen LogP contribution < -0.4 is 5.43 Å². The lowest BCUT2D eigenvalue weighted by molar-refractivity contribution is -0.140. The molecule has 0 aliphatic carbocycles. The zero-order valence-corrected chi connectivity index (χ0v) is 13.1. The summed E-state index contributed by atoms with van der Waals surface area (Å²) >= 11 is 0. The first-order valence-electron chi connectivity index (χ1n) is 7.20. The molecule has 8 heteroatoms. The van der Waals surface area contributed by atoms with Gasteiger partial charge in [0.25, 0.3) is 0 Å². The summed E-state index contributed by atoms with van der Waals surface area (Å²) < 4.78 is 11.8. The van der Waals surface area contributed by atoms with E-state index in [0.29, 0.717) is 17.0 Å². The minimum absolute atomic E-state index is 0.00838. The number of nitrogens with zero attached hydrogens (tertiary/aromatic N) is 3. The van der Waals surface area contributed by atoms with E-state index in [1.54, 1.807) is 25.4 Å². The van der Waals surface area contributed by atoms with Crippen LogP contribution in [0.1, 0.15) is 29.4 Å². The molecule has 0 aliphatic rings. The number of fused-ring (bicyclic) bond motifs is 1. The second-order valence-electron chi connectivity index (χ2n) is 5.25. The van der Waals surface area contributed by atoms with E-state index in [1.165, 1.54) is 23.9 Å². The minimum Gasteiger partial charge on any atom is -0.502 e. The van der Waals surface area contributed by atoms with Gasteiger partial charge in [-0.25, -0.2) is 9.50 Å². The molecule has 0 spiro atoms. The normalized spacial score (nSPS) is 12.2. The van der Waals surface area contributed by atoms with Crippen molar-refractivity contribution in [1.82, 2.24) is 14.6 Å². The average molecular weight is 329 g/mol. The largest absolute Gasteiger partial charge is 0.502 e. The van der Waals surface area contributed by atoms with Gasteiger partial charge in [0.05, 0.1) is 25.6 Å². The molecule has 8 nitrogen and oxygen atoms in total. The van der Waals surface area contributed by atoms with Gasteiger partial charge in [-0.05, 0) is 13.0 Å². The van der Waals surface area contributed by atoms with Gasteiger partial charge in [0.15, 0.2) is 11.4 Å². The van der Waals surface area contributed by atoms with E-state index in [2.05, 4.69) is 10.1 Å². The Morgan fingerprint density at radius 3 is 3.04 bits per heavy atom. The second kappa shape index (κ2) is 6.15. The summed E-state index contributed by atoms with van der Waals surface area (Å²) in [5, 5.41) is 14.3. The zero-order chi connectivity index (χ0) is 17.3. The molecule has 3 aromatic rings. The van der Waals surface area contributed by atoms with Crippen LogP contribution >= 0.6 is 0 Å². The average Bonchev–Trinajstić information content (AvgIpc) is 3.00. The predicted molar refractivity (Wildman–Crippen MR) is 82.8 cm³/mol. The van der Waals surface area contributed by atoms with Crippen LogP contribution in [-0.2, 0) is 9.53 Å². The van der Waals surface area contributed by atoms with Gasteiger partial charge in [-0.2, -0.15) is 5.10 Å². The number of aryl methyl sites for hydroxylation is 1. The second-order valence-corrected chi connectivity index (χ2v) is 5.25. The number of carbonyl (C=O) groups is 1. The number of aromatic hydroxyl groups is 1. The van der Waals surface area contributed by atoms with Crippen molar-refractivity contribution in [3.63, 3.8) is 0 Å². The van der Waals surface area contributed by atoms with Crippen molar-refractivity contribution in [1.29, 1.82) is 0 Å². The molecule has 0 bridgehead atoms. The number of hydrogen-bond donors (Lipinski definition) is 1. The van der Waals surface area contributed by atoms with Gasteiger partial charge in [-0.15, -0.1) is 0 Å². The fourth-order valence-electron chi connectivity index (χ4n) is 2.55. The molecule has 3 aromatic heterocycles. The van der Waals surface area contributed by atoms with E-state index in [4.69, 9.17) is 9.15 Å². The minimum atomic E-state index is -0.752. The third-order valence-electron chi connectivity index (χ3n) is 3.67. The Bertz CT molecular complexity index is 960. The van der Waals surface area contributed by atoms with Gasteiger partial charge >= 0.3 is 5.97 Å². The van der Waals surface area contributed by atoms with Gasteiger partial charge in [0.1, 0.15) is 5.76 Å². The molecule has 3 heterocycles. The van der Waals surface area contributed by atoms with E-state index in [1.807, 2.05) is 0 Å². The number of methoxy groups -OCH3 is 1. The van der Waals surface area contributed by atoms with Crippen molar-refractivity contribution in [3.05, 3.63) is 58.0 Å². The van der Waals surface area contributed by atoms with Crippen molar-refractivity contribution < 1.29 is 19.1 Å². The molecule has 0 radical (unpaired) electrons. The molecule has 0 aliphatic heterocycles. The van der Waals surface area contributed by atoms with Crippen LogP contribution in [0.3, 0.4) is 0 Å². The first-order valence-corrected chi connectivity index (χ1v) is 7.20. The van der Waals surface area contributed by atoms with Crippen molar-refractivity contribution in [2.75, 3.05) is 7.11 Å². The van der Waals surface area contributed by atoms with E-state index >= 15 is 0 Å². The summed E-state index contributed by atoms with van der Waals surface area (Å²) in [4.78, 5) is 28.0. The van der Waals surface area contributed by atoms with Crippen LogP contribution in [0, 0.1) is 6.92 Å². The molecule has 0 aromatic carbocycles. The molecule has 124 valence electrons. The van der Waals surface area contributed by atoms with Crippen LogP contribution in [0.2, 0.25) is 0 Å². The monoisotopic (exact) mass is 329 g/mol. The quantitative estimate of drug-likeness (QED) is 0.721. The summed E-state index contributed by atoms with van der Waals surface area (Å²) in [6.45, 7) is 1.59. The lowest BCUT2D eigenvalue weighted by Gasteiger charge is -2.15. The lowest BCUT2D eigenvalue weighted by Crippen LogP contribution is -2.13. The van der Waals surface area contributed by atoms with Crippen molar-refractivity contribution in [2.45, 2.75) is 19.3 Å². The molecule has 0 amide bonds. The first-order chi connectivity index (χ1) is 11.5. The third-order valence-corrected chi connectivity index (χ3v) is 3.67. The standard InChI is InChI=1S/C16H15N3O5/c1-9-6-12(20)14(22)15(24-9)10(7-13(21)23-2)11-8-18-19-5-3-4-17-16(11)19/h3-6,8,10,22H,7H2,1-2H3/t10-/m0/s1. The van der Waals surface area contributed by atoms with Crippen LogP contribution in [0.25, 0.3) is 5.65 Å².